The highest BCUT2D eigenvalue weighted by molar-refractivity contribution is 5.23. The summed E-state index contributed by atoms with van der Waals surface area (Å²) in [7, 11) is 0. The minimum absolute atomic E-state index is 0.0976. The van der Waals surface area contributed by atoms with E-state index in [9.17, 15) is 0 Å². The summed E-state index contributed by atoms with van der Waals surface area (Å²) >= 11 is 0. The van der Waals surface area contributed by atoms with Crippen LogP contribution in [0.1, 0.15) is 46.0 Å². The maximum absolute atomic E-state index is 4.02. The standard InChI is InChI=1S/C12H18/c1-11(2)12(3)9-7-5-4-6-8-10-12/h1,4-7,9H2,2-3H3. The number of hydrogen-bond donors (Lipinski definition) is 0. The van der Waals surface area contributed by atoms with Crippen LogP contribution in [0.15, 0.2) is 12.2 Å². The molecule has 0 heteroatoms. The molecule has 12 heavy (non-hydrogen) atoms. The van der Waals surface area contributed by atoms with Crippen LogP contribution in [0.5, 0.6) is 0 Å². The topological polar surface area (TPSA) is 0 Å². The first-order valence-electron chi connectivity index (χ1n) is 4.81. The van der Waals surface area contributed by atoms with Crippen molar-refractivity contribution in [1.82, 2.24) is 0 Å². The fraction of sp³-hybridized carbons (Fsp3) is 0.667. The van der Waals surface area contributed by atoms with Crippen LogP contribution in [0.25, 0.3) is 0 Å². The van der Waals surface area contributed by atoms with Gasteiger partial charge in [-0.3, -0.25) is 0 Å². The lowest BCUT2D eigenvalue weighted by molar-refractivity contribution is 0.449. The van der Waals surface area contributed by atoms with Gasteiger partial charge in [0.15, 0.2) is 0 Å². The van der Waals surface area contributed by atoms with Gasteiger partial charge in [0.1, 0.15) is 0 Å². The Labute approximate surface area is 76.1 Å². The van der Waals surface area contributed by atoms with Gasteiger partial charge in [0.2, 0.25) is 0 Å². The Morgan fingerprint density at radius 2 is 2.08 bits per heavy atom. The van der Waals surface area contributed by atoms with Crippen LogP contribution >= 0.6 is 0 Å². The molecule has 0 radical (unpaired) electrons. The van der Waals surface area contributed by atoms with E-state index in [0.717, 1.165) is 6.42 Å². The van der Waals surface area contributed by atoms with Crippen LogP contribution in [0.4, 0.5) is 0 Å². The molecule has 0 aromatic rings. The minimum Gasteiger partial charge on any atom is -0.102 e. The molecule has 1 aliphatic carbocycles. The van der Waals surface area contributed by atoms with E-state index >= 15 is 0 Å². The van der Waals surface area contributed by atoms with Crippen LogP contribution in [-0.4, -0.2) is 0 Å². The molecule has 0 N–H and O–H groups in total. The van der Waals surface area contributed by atoms with Crippen molar-refractivity contribution in [1.29, 1.82) is 0 Å². The van der Waals surface area contributed by atoms with Crippen molar-refractivity contribution in [3.05, 3.63) is 12.2 Å². The molecule has 0 fully saturated rings. The Balaban J connectivity index is 2.77. The molecule has 66 valence electrons. The van der Waals surface area contributed by atoms with E-state index in [2.05, 4.69) is 32.3 Å². The Morgan fingerprint density at radius 1 is 1.33 bits per heavy atom. The fourth-order valence-electron chi connectivity index (χ4n) is 1.51. The predicted octanol–water partition coefficient (Wildman–Crippen LogP) is 3.54. The zero-order valence-corrected chi connectivity index (χ0v) is 8.24. The van der Waals surface area contributed by atoms with Crippen molar-refractivity contribution in [2.45, 2.75) is 46.0 Å². The summed E-state index contributed by atoms with van der Waals surface area (Å²) in [6.07, 6.45) is 6.17. The molecule has 0 saturated carbocycles. The van der Waals surface area contributed by atoms with Crippen LogP contribution in [-0.2, 0) is 0 Å². The van der Waals surface area contributed by atoms with Gasteiger partial charge in [-0.15, -0.1) is 5.92 Å². The monoisotopic (exact) mass is 162 g/mol. The lowest BCUT2D eigenvalue weighted by Gasteiger charge is -2.25. The third-order valence-corrected chi connectivity index (χ3v) is 2.78. The molecule has 0 spiro atoms. The van der Waals surface area contributed by atoms with Gasteiger partial charge in [0, 0.05) is 11.8 Å². The molecular formula is C12H18. The molecule has 1 rings (SSSR count). The summed E-state index contributed by atoms with van der Waals surface area (Å²) in [4.78, 5) is 0. The molecule has 0 amide bonds. The van der Waals surface area contributed by atoms with E-state index in [1.54, 1.807) is 0 Å². The maximum Gasteiger partial charge on any atom is 0.0489 e. The summed E-state index contributed by atoms with van der Waals surface area (Å²) in [5, 5.41) is 0. The van der Waals surface area contributed by atoms with Crippen molar-refractivity contribution < 1.29 is 0 Å². The quantitative estimate of drug-likeness (QED) is 0.408. The van der Waals surface area contributed by atoms with Gasteiger partial charge < -0.3 is 0 Å². The maximum atomic E-state index is 4.02. The lowest BCUT2D eigenvalue weighted by atomic mass is 9.78. The molecule has 1 unspecified atom stereocenters. The second-order valence-corrected chi connectivity index (χ2v) is 3.97. The van der Waals surface area contributed by atoms with Gasteiger partial charge in [-0.2, -0.15) is 0 Å². The number of hydrogen-bond acceptors (Lipinski definition) is 0. The Morgan fingerprint density at radius 3 is 2.75 bits per heavy atom. The zero-order chi connectivity index (χ0) is 9.03. The SMILES string of the molecule is C=C(C)C1(C)C#CCCCCC1. The van der Waals surface area contributed by atoms with E-state index < -0.39 is 0 Å². The summed E-state index contributed by atoms with van der Waals surface area (Å²) in [6.45, 7) is 8.33. The highest BCUT2D eigenvalue weighted by atomic mass is 14.2. The molecule has 1 atom stereocenters. The van der Waals surface area contributed by atoms with E-state index in [1.165, 1.54) is 31.3 Å². The zero-order valence-electron chi connectivity index (χ0n) is 8.24. The first-order valence-corrected chi connectivity index (χ1v) is 4.81. The van der Waals surface area contributed by atoms with Crippen LogP contribution in [0.2, 0.25) is 0 Å². The number of allylic oxidation sites excluding steroid dienone is 1. The predicted molar refractivity (Wildman–Crippen MR) is 53.8 cm³/mol. The Bertz CT molecular complexity index is 226. The average molecular weight is 162 g/mol. The third-order valence-electron chi connectivity index (χ3n) is 2.78. The van der Waals surface area contributed by atoms with Gasteiger partial charge in [0.05, 0.1) is 0 Å². The van der Waals surface area contributed by atoms with Crippen LogP contribution in [0.3, 0.4) is 0 Å². The average Bonchev–Trinajstić information content (AvgIpc) is 1.97. The summed E-state index contributed by atoms with van der Waals surface area (Å²) in [6, 6.07) is 0. The van der Waals surface area contributed by atoms with Gasteiger partial charge in [-0.1, -0.05) is 30.9 Å². The van der Waals surface area contributed by atoms with Crippen LogP contribution < -0.4 is 0 Å². The van der Waals surface area contributed by atoms with E-state index in [1.807, 2.05) is 0 Å². The minimum atomic E-state index is 0.0976. The van der Waals surface area contributed by atoms with E-state index in [-0.39, 0.29) is 5.41 Å². The Hall–Kier alpha value is -0.700. The van der Waals surface area contributed by atoms with Crippen molar-refractivity contribution >= 4 is 0 Å². The number of rotatable bonds is 1. The molecule has 1 aliphatic rings. The first kappa shape index (κ1) is 9.39. The van der Waals surface area contributed by atoms with Crippen molar-refractivity contribution in [3.63, 3.8) is 0 Å². The van der Waals surface area contributed by atoms with E-state index in [4.69, 9.17) is 0 Å². The fourth-order valence-corrected chi connectivity index (χ4v) is 1.51. The van der Waals surface area contributed by atoms with Gasteiger partial charge in [0.25, 0.3) is 0 Å². The van der Waals surface area contributed by atoms with Gasteiger partial charge in [-0.25, -0.2) is 0 Å². The van der Waals surface area contributed by atoms with Crippen molar-refractivity contribution in [2.75, 3.05) is 0 Å². The second kappa shape index (κ2) is 3.81. The van der Waals surface area contributed by atoms with Crippen molar-refractivity contribution in [2.24, 2.45) is 5.41 Å². The first-order chi connectivity index (χ1) is 5.65. The molecule has 0 saturated heterocycles. The highest BCUT2D eigenvalue weighted by Crippen LogP contribution is 2.32. The summed E-state index contributed by atoms with van der Waals surface area (Å²) < 4.78 is 0. The summed E-state index contributed by atoms with van der Waals surface area (Å²) in [5.41, 5.74) is 1.32. The van der Waals surface area contributed by atoms with E-state index in [0.29, 0.717) is 0 Å². The summed E-state index contributed by atoms with van der Waals surface area (Å²) in [5.74, 6) is 6.60. The lowest BCUT2D eigenvalue weighted by Crippen LogP contribution is -2.15. The molecule has 0 bridgehead atoms. The Kier molecular flexibility index (Phi) is 2.98. The molecule has 0 nitrogen and oxygen atoms in total. The largest absolute Gasteiger partial charge is 0.102 e. The molecule has 0 aromatic carbocycles. The normalized spacial score (nSPS) is 29.5. The highest BCUT2D eigenvalue weighted by Gasteiger charge is 2.22. The smallest absolute Gasteiger partial charge is 0.0489 e. The molecule has 0 aromatic heterocycles. The second-order valence-electron chi connectivity index (χ2n) is 3.97. The molecule has 0 heterocycles. The van der Waals surface area contributed by atoms with Gasteiger partial charge >= 0.3 is 0 Å². The molecular weight excluding hydrogens is 144 g/mol. The molecule has 0 aliphatic heterocycles. The van der Waals surface area contributed by atoms with Gasteiger partial charge in [-0.05, 0) is 26.7 Å². The van der Waals surface area contributed by atoms with Crippen molar-refractivity contribution in [3.8, 4) is 11.8 Å². The third kappa shape index (κ3) is 2.14. The van der Waals surface area contributed by atoms with Crippen LogP contribution in [0, 0.1) is 17.3 Å².